The van der Waals surface area contributed by atoms with Gasteiger partial charge in [0.05, 0.1) is 18.4 Å². The molecule has 1 fully saturated rings. The van der Waals surface area contributed by atoms with Gasteiger partial charge in [-0.2, -0.15) is 0 Å². The van der Waals surface area contributed by atoms with Crippen LogP contribution in [-0.2, 0) is 4.79 Å². The van der Waals surface area contributed by atoms with Crippen LogP contribution in [0.4, 0.5) is 18.9 Å². The zero-order valence-electron chi connectivity index (χ0n) is 17.0. The first kappa shape index (κ1) is 21.9. The third-order valence-corrected chi connectivity index (χ3v) is 5.00. The van der Waals surface area contributed by atoms with E-state index in [1.54, 1.807) is 11.8 Å². The summed E-state index contributed by atoms with van der Waals surface area (Å²) in [4.78, 5) is 16.8. The Labute approximate surface area is 173 Å². The van der Waals surface area contributed by atoms with Crippen LogP contribution in [0.5, 0.6) is 11.6 Å². The number of hydrogen-bond acceptors (Lipinski definition) is 5. The van der Waals surface area contributed by atoms with Crippen molar-refractivity contribution in [2.24, 2.45) is 0 Å². The van der Waals surface area contributed by atoms with Crippen molar-refractivity contribution in [3.05, 3.63) is 47.9 Å². The van der Waals surface area contributed by atoms with Gasteiger partial charge in [-0.15, -0.1) is 0 Å². The number of aromatic nitrogens is 1. The third-order valence-electron chi connectivity index (χ3n) is 5.00. The lowest BCUT2D eigenvalue weighted by Gasteiger charge is -2.20. The molecule has 1 saturated heterocycles. The first-order valence-electron chi connectivity index (χ1n) is 9.89. The molecule has 0 aliphatic carbocycles. The first-order valence-corrected chi connectivity index (χ1v) is 9.89. The van der Waals surface area contributed by atoms with E-state index in [-0.39, 0.29) is 29.4 Å². The predicted octanol–water partition coefficient (Wildman–Crippen LogP) is 4.60. The van der Waals surface area contributed by atoms with Gasteiger partial charge in [0, 0.05) is 25.5 Å². The van der Waals surface area contributed by atoms with Crippen LogP contribution in [0.1, 0.15) is 38.2 Å². The summed E-state index contributed by atoms with van der Waals surface area (Å²) in [5.41, 5.74) is 1.33. The van der Waals surface area contributed by atoms with Crippen molar-refractivity contribution in [1.82, 2.24) is 4.98 Å². The Hall–Kier alpha value is -2.77. The fourth-order valence-electron chi connectivity index (χ4n) is 3.54. The second-order valence-corrected chi connectivity index (χ2v) is 7.53. The van der Waals surface area contributed by atoms with E-state index in [0.717, 1.165) is 11.8 Å². The Kier molecular flexibility index (Phi) is 7.18. The molecule has 0 unspecified atom stereocenters. The number of ether oxygens (including phenoxy) is 2. The SMILES string of the molecule is CC(=O)C[C@@H](C)c1ccc(O[C@@H]2CCN(c3cc(OCC(F)F)ncc3F)C2)cc1. The van der Waals surface area contributed by atoms with Crippen molar-refractivity contribution in [1.29, 1.82) is 0 Å². The second-order valence-electron chi connectivity index (χ2n) is 7.53. The molecule has 162 valence electrons. The van der Waals surface area contributed by atoms with Gasteiger partial charge < -0.3 is 19.2 Å². The normalized spacial score (nSPS) is 17.3. The molecule has 2 atom stereocenters. The lowest BCUT2D eigenvalue weighted by atomic mass is 9.96. The Morgan fingerprint density at radius 1 is 1.30 bits per heavy atom. The van der Waals surface area contributed by atoms with Crippen LogP contribution in [0.25, 0.3) is 0 Å². The number of Topliss-reactive ketones (excluding diaryl/α,β-unsaturated/α-hetero) is 1. The Morgan fingerprint density at radius 2 is 2.03 bits per heavy atom. The molecule has 8 heteroatoms. The molecule has 0 N–H and O–H groups in total. The first-order chi connectivity index (χ1) is 14.3. The van der Waals surface area contributed by atoms with E-state index in [0.29, 0.717) is 31.7 Å². The largest absolute Gasteiger partial charge is 0.489 e. The van der Waals surface area contributed by atoms with Crippen LogP contribution in [0, 0.1) is 5.82 Å². The topological polar surface area (TPSA) is 51.7 Å². The maximum absolute atomic E-state index is 14.2. The summed E-state index contributed by atoms with van der Waals surface area (Å²) in [5, 5.41) is 0. The number of rotatable bonds is 9. The summed E-state index contributed by atoms with van der Waals surface area (Å²) in [7, 11) is 0. The van der Waals surface area contributed by atoms with Crippen LogP contribution >= 0.6 is 0 Å². The number of nitrogens with zero attached hydrogens (tertiary/aromatic N) is 2. The minimum atomic E-state index is -2.62. The van der Waals surface area contributed by atoms with Crippen molar-refractivity contribution in [3.8, 4) is 11.6 Å². The molecule has 30 heavy (non-hydrogen) atoms. The van der Waals surface area contributed by atoms with Crippen LogP contribution in [-0.4, -0.2) is 43.0 Å². The van der Waals surface area contributed by atoms with E-state index < -0.39 is 18.8 Å². The highest BCUT2D eigenvalue weighted by Gasteiger charge is 2.27. The lowest BCUT2D eigenvalue weighted by Crippen LogP contribution is -2.25. The number of pyridine rings is 1. The molecule has 5 nitrogen and oxygen atoms in total. The Bertz CT molecular complexity index is 861. The highest BCUT2D eigenvalue weighted by Crippen LogP contribution is 2.29. The van der Waals surface area contributed by atoms with Crippen LogP contribution in [0.3, 0.4) is 0 Å². The summed E-state index contributed by atoms with van der Waals surface area (Å²) < 4.78 is 49.8. The summed E-state index contributed by atoms with van der Waals surface area (Å²) in [6, 6.07) is 8.98. The molecule has 0 bridgehead atoms. The summed E-state index contributed by atoms with van der Waals surface area (Å²) in [6.45, 7) is 3.82. The van der Waals surface area contributed by atoms with E-state index in [4.69, 9.17) is 9.47 Å². The zero-order chi connectivity index (χ0) is 21.7. The molecule has 1 aromatic heterocycles. The molecule has 0 spiro atoms. The smallest absolute Gasteiger partial charge is 0.272 e. The number of hydrogen-bond donors (Lipinski definition) is 0. The second kappa shape index (κ2) is 9.82. The molecule has 0 radical (unpaired) electrons. The number of halogens is 3. The number of carbonyl (C=O) groups excluding carboxylic acids is 1. The summed E-state index contributed by atoms with van der Waals surface area (Å²) in [5.74, 6) is 0.432. The van der Waals surface area contributed by atoms with Crippen molar-refractivity contribution in [2.45, 2.75) is 45.1 Å². The zero-order valence-corrected chi connectivity index (χ0v) is 17.0. The highest BCUT2D eigenvalue weighted by molar-refractivity contribution is 5.76. The van der Waals surface area contributed by atoms with Gasteiger partial charge in [-0.1, -0.05) is 19.1 Å². The standard InChI is InChI=1S/C22H25F3N2O3/c1-14(9-15(2)28)16-3-5-17(6-4-16)30-18-7-8-27(12-18)20-10-22(26-11-19(20)23)29-13-21(24)25/h3-6,10-11,14,18,21H,7-9,12-13H2,1-2H3/t14-,18-/m1/s1. The monoisotopic (exact) mass is 422 g/mol. The van der Waals surface area contributed by atoms with E-state index >= 15 is 0 Å². The third kappa shape index (κ3) is 5.87. The van der Waals surface area contributed by atoms with E-state index in [1.165, 1.54) is 6.07 Å². The number of carbonyl (C=O) groups is 1. The summed E-state index contributed by atoms with van der Waals surface area (Å²) >= 11 is 0. The van der Waals surface area contributed by atoms with Gasteiger partial charge in [0.15, 0.2) is 12.4 Å². The molecular formula is C22H25F3N2O3. The average molecular weight is 422 g/mol. The minimum absolute atomic E-state index is 0.0358. The maximum Gasteiger partial charge on any atom is 0.272 e. The average Bonchev–Trinajstić information content (AvgIpc) is 3.15. The van der Waals surface area contributed by atoms with Crippen molar-refractivity contribution < 1.29 is 27.4 Å². The molecule has 0 amide bonds. The van der Waals surface area contributed by atoms with Gasteiger partial charge in [0.25, 0.3) is 6.43 Å². The van der Waals surface area contributed by atoms with Gasteiger partial charge in [-0.25, -0.2) is 18.2 Å². The number of anilines is 1. The highest BCUT2D eigenvalue weighted by atomic mass is 19.3. The maximum atomic E-state index is 14.2. The van der Waals surface area contributed by atoms with Gasteiger partial charge in [0.2, 0.25) is 5.88 Å². The molecule has 0 saturated carbocycles. The molecule has 2 aromatic rings. The van der Waals surface area contributed by atoms with Gasteiger partial charge >= 0.3 is 0 Å². The molecule has 1 aliphatic rings. The van der Waals surface area contributed by atoms with Crippen LogP contribution in [0.2, 0.25) is 0 Å². The molecular weight excluding hydrogens is 397 g/mol. The Balaban J connectivity index is 1.59. The van der Waals surface area contributed by atoms with E-state index in [1.807, 2.05) is 31.2 Å². The van der Waals surface area contributed by atoms with Gasteiger partial charge in [-0.05, 0) is 30.5 Å². The van der Waals surface area contributed by atoms with E-state index in [9.17, 15) is 18.0 Å². The molecule has 1 aromatic carbocycles. The van der Waals surface area contributed by atoms with Crippen LogP contribution < -0.4 is 14.4 Å². The minimum Gasteiger partial charge on any atom is -0.489 e. The van der Waals surface area contributed by atoms with Crippen molar-refractivity contribution >= 4 is 11.5 Å². The fraction of sp³-hybridized carbons (Fsp3) is 0.455. The number of alkyl halides is 2. The number of benzene rings is 1. The van der Waals surface area contributed by atoms with E-state index in [2.05, 4.69) is 4.98 Å². The van der Waals surface area contributed by atoms with Gasteiger partial charge in [-0.3, -0.25) is 0 Å². The molecule has 2 heterocycles. The summed E-state index contributed by atoms with van der Waals surface area (Å²) in [6.07, 6.45) is -0.591. The quantitative estimate of drug-likeness (QED) is 0.591. The Morgan fingerprint density at radius 3 is 2.70 bits per heavy atom. The van der Waals surface area contributed by atoms with Crippen molar-refractivity contribution in [3.63, 3.8) is 0 Å². The fourth-order valence-corrected chi connectivity index (χ4v) is 3.54. The lowest BCUT2D eigenvalue weighted by molar-refractivity contribution is -0.117. The molecule has 3 rings (SSSR count). The van der Waals surface area contributed by atoms with Crippen molar-refractivity contribution in [2.75, 3.05) is 24.6 Å². The molecule has 1 aliphatic heterocycles. The van der Waals surface area contributed by atoms with Gasteiger partial charge in [0.1, 0.15) is 17.6 Å². The number of ketones is 1. The van der Waals surface area contributed by atoms with Crippen LogP contribution in [0.15, 0.2) is 36.5 Å². The predicted molar refractivity (Wildman–Crippen MR) is 107 cm³/mol.